The number of carbonyl (C=O) groups is 1. The van der Waals surface area contributed by atoms with Gasteiger partial charge in [-0.3, -0.25) is 4.79 Å². The smallest absolute Gasteiger partial charge is 0.317 e. The van der Waals surface area contributed by atoms with E-state index in [2.05, 4.69) is 0 Å². The molecule has 3 heterocycles. The molecule has 0 bridgehead atoms. The lowest BCUT2D eigenvalue weighted by molar-refractivity contribution is -0.242. The van der Waals surface area contributed by atoms with E-state index in [-0.39, 0.29) is 5.97 Å². The lowest BCUT2D eigenvalue weighted by Gasteiger charge is -2.55. The average molecular weight is 238 g/mol. The van der Waals surface area contributed by atoms with Crippen LogP contribution in [0.4, 0.5) is 0 Å². The molecule has 0 aromatic carbocycles. The second kappa shape index (κ2) is 3.58. The van der Waals surface area contributed by atoms with Gasteiger partial charge in [0.2, 0.25) is 0 Å². The van der Waals surface area contributed by atoms with Crippen LogP contribution in [0, 0.1) is 5.41 Å². The summed E-state index contributed by atoms with van der Waals surface area (Å²) < 4.78 is 21.0. The van der Waals surface area contributed by atoms with Gasteiger partial charge in [0.05, 0.1) is 45.2 Å². The first kappa shape index (κ1) is 10.8. The van der Waals surface area contributed by atoms with Gasteiger partial charge in [-0.2, -0.15) is 0 Å². The number of hydrogen-bond acceptors (Lipinski definition) is 5. The molecule has 0 amide bonds. The van der Waals surface area contributed by atoms with Gasteiger partial charge in [-0.05, 0) is 12.1 Å². The summed E-state index contributed by atoms with van der Waals surface area (Å²) in [6, 6.07) is 3.70. The molecule has 17 heavy (non-hydrogen) atoms. The molecule has 2 fully saturated rings. The normalized spacial score (nSPS) is 24.5. The van der Waals surface area contributed by atoms with E-state index in [4.69, 9.17) is 18.6 Å². The predicted octanol–water partition coefficient (Wildman–Crippen LogP) is 0.737. The number of hydrogen-bond donors (Lipinski definition) is 0. The Morgan fingerprint density at radius 3 is 2.35 bits per heavy atom. The van der Waals surface area contributed by atoms with Crippen molar-refractivity contribution in [1.29, 1.82) is 0 Å². The number of carbonyl (C=O) groups excluding carboxylic acids is 1. The van der Waals surface area contributed by atoms with Crippen molar-refractivity contribution < 1.29 is 23.4 Å². The Morgan fingerprint density at radius 2 is 2.00 bits per heavy atom. The maximum absolute atomic E-state index is 12.1. The largest absolute Gasteiger partial charge is 0.469 e. The summed E-state index contributed by atoms with van der Waals surface area (Å²) in [5.41, 5.74) is -1.08. The van der Waals surface area contributed by atoms with E-state index in [1.807, 2.05) is 12.1 Å². The third kappa shape index (κ3) is 1.18. The van der Waals surface area contributed by atoms with Crippen LogP contribution in [0.3, 0.4) is 0 Å². The molecule has 2 aliphatic heterocycles. The van der Waals surface area contributed by atoms with E-state index in [9.17, 15) is 4.79 Å². The minimum Gasteiger partial charge on any atom is -0.469 e. The molecule has 0 aliphatic carbocycles. The van der Waals surface area contributed by atoms with Crippen molar-refractivity contribution in [3.8, 4) is 0 Å². The SMILES string of the molecule is COC(=O)C1(C2(c3ccco3)COC2)COC1. The first-order valence-corrected chi connectivity index (χ1v) is 5.53. The van der Waals surface area contributed by atoms with Gasteiger partial charge in [0.25, 0.3) is 0 Å². The number of rotatable bonds is 3. The van der Waals surface area contributed by atoms with Gasteiger partial charge in [0, 0.05) is 0 Å². The molecular weight excluding hydrogens is 224 g/mol. The van der Waals surface area contributed by atoms with Crippen LogP contribution in [-0.4, -0.2) is 39.5 Å². The minimum atomic E-state index is -0.655. The standard InChI is InChI=1S/C12H14O5/c1-14-10(13)12(7-16-8-12)11(5-15-6-11)9-3-2-4-17-9/h2-4H,5-8H2,1H3. The number of furan rings is 1. The molecule has 2 aliphatic rings. The average Bonchev–Trinajstić information content (AvgIpc) is 2.72. The predicted molar refractivity (Wildman–Crippen MR) is 56.5 cm³/mol. The second-order valence-corrected chi connectivity index (χ2v) is 4.62. The summed E-state index contributed by atoms with van der Waals surface area (Å²) in [5.74, 6) is 0.529. The topological polar surface area (TPSA) is 57.9 Å². The van der Waals surface area contributed by atoms with E-state index >= 15 is 0 Å². The molecule has 2 saturated heterocycles. The fraction of sp³-hybridized carbons (Fsp3) is 0.583. The molecule has 0 saturated carbocycles. The fourth-order valence-corrected chi connectivity index (χ4v) is 2.60. The van der Waals surface area contributed by atoms with Crippen LogP contribution in [0.25, 0.3) is 0 Å². The Labute approximate surface area is 98.6 Å². The van der Waals surface area contributed by atoms with Crippen LogP contribution in [0.2, 0.25) is 0 Å². The first-order valence-electron chi connectivity index (χ1n) is 5.53. The maximum atomic E-state index is 12.1. The van der Waals surface area contributed by atoms with E-state index < -0.39 is 10.8 Å². The maximum Gasteiger partial charge on any atom is 0.317 e. The molecule has 5 nitrogen and oxygen atoms in total. The highest BCUT2D eigenvalue weighted by Gasteiger charge is 2.67. The van der Waals surface area contributed by atoms with Crippen LogP contribution >= 0.6 is 0 Å². The van der Waals surface area contributed by atoms with E-state index in [0.29, 0.717) is 26.4 Å². The van der Waals surface area contributed by atoms with Gasteiger partial charge in [0.1, 0.15) is 11.2 Å². The van der Waals surface area contributed by atoms with Crippen molar-refractivity contribution in [3.63, 3.8) is 0 Å². The van der Waals surface area contributed by atoms with Crippen molar-refractivity contribution in [2.24, 2.45) is 5.41 Å². The molecule has 0 unspecified atom stereocenters. The Hall–Kier alpha value is -1.33. The second-order valence-electron chi connectivity index (χ2n) is 4.62. The summed E-state index contributed by atoms with van der Waals surface area (Å²) >= 11 is 0. The number of ether oxygens (including phenoxy) is 3. The van der Waals surface area contributed by atoms with Crippen LogP contribution in [-0.2, 0) is 24.4 Å². The molecule has 0 N–H and O–H groups in total. The Kier molecular flexibility index (Phi) is 2.27. The first-order chi connectivity index (χ1) is 8.25. The molecule has 0 radical (unpaired) electrons. The van der Waals surface area contributed by atoms with Crippen molar-refractivity contribution >= 4 is 5.97 Å². The summed E-state index contributed by atoms with van der Waals surface area (Å²) in [4.78, 5) is 12.1. The van der Waals surface area contributed by atoms with Crippen LogP contribution in [0.1, 0.15) is 5.76 Å². The van der Waals surface area contributed by atoms with Gasteiger partial charge in [0.15, 0.2) is 0 Å². The summed E-state index contributed by atoms with van der Waals surface area (Å²) in [6.07, 6.45) is 1.61. The number of esters is 1. The van der Waals surface area contributed by atoms with Gasteiger partial charge >= 0.3 is 5.97 Å². The third-order valence-corrected chi connectivity index (χ3v) is 3.88. The van der Waals surface area contributed by atoms with Gasteiger partial charge in [-0.1, -0.05) is 0 Å². The van der Waals surface area contributed by atoms with Gasteiger partial charge in [-0.15, -0.1) is 0 Å². The molecule has 0 atom stereocenters. The van der Waals surface area contributed by atoms with E-state index in [1.165, 1.54) is 7.11 Å². The van der Waals surface area contributed by atoms with Crippen LogP contribution in [0.15, 0.2) is 22.8 Å². The molecule has 3 rings (SSSR count). The fourth-order valence-electron chi connectivity index (χ4n) is 2.60. The molecular formula is C12H14O5. The van der Waals surface area contributed by atoms with Crippen molar-refractivity contribution in [2.75, 3.05) is 33.5 Å². The molecule has 5 heteroatoms. The van der Waals surface area contributed by atoms with E-state index in [1.54, 1.807) is 6.26 Å². The lowest BCUT2D eigenvalue weighted by Crippen LogP contribution is -2.70. The highest BCUT2D eigenvalue weighted by atomic mass is 16.6. The third-order valence-electron chi connectivity index (χ3n) is 3.88. The molecule has 1 aromatic heterocycles. The highest BCUT2D eigenvalue weighted by molar-refractivity contribution is 5.80. The van der Waals surface area contributed by atoms with Crippen molar-refractivity contribution in [1.82, 2.24) is 0 Å². The Balaban J connectivity index is 2.02. The summed E-state index contributed by atoms with van der Waals surface area (Å²) in [6.45, 7) is 1.67. The number of methoxy groups -OCH3 is 1. The minimum absolute atomic E-state index is 0.247. The van der Waals surface area contributed by atoms with Crippen LogP contribution in [0.5, 0.6) is 0 Å². The zero-order chi connectivity index (χ0) is 11.9. The molecule has 92 valence electrons. The van der Waals surface area contributed by atoms with Crippen molar-refractivity contribution in [3.05, 3.63) is 24.2 Å². The Morgan fingerprint density at radius 1 is 1.29 bits per heavy atom. The van der Waals surface area contributed by atoms with Gasteiger partial charge < -0.3 is 18.6 Å². The lowest BCUT2D eigenvalue weighted by atomic mass is 9.59. The molecule has 0 spiro atoms. The summed E-state index contributed by atoms with van der Waals surface area (Å²) in [7, 11) is 1.40. The van der Waals surface area contributed by atoms with Gasteiger partial charge in [-0.25, -0.2) is 0 Å². The monoisotopic (exact) mass is 238 g/mol. The molecule has 1 aromatic rings. The summed E-state index contributed by atoms with van der Waals surface area (Å²) in [5, 5.41) is 0. The zero-order valence-electron chi connectivity index (χ0n) is 9.60. The quantitative estimate of drug-likeness (QED) is 0.727. The zero-order valence-corrected chi connectivity index (χ0v) is 9.60. The van der Waals surface area contributed by atoms with Crippen molar-refractivity contribution in [2.45, 2.75) is 5.41 Å². The Bertz CT molecular complexity index is 414. The highest BCUT2D eigenvalue weighted by Crippen LogP contribution is 2.52. The van der Waals surface area contributed by atoms with E-state index in [0.717, 1.165) is 5.76 Å². The van der Waals surface area contributed by atoms with Crippen LogP contribution < -0.4 is 0 Å².